The Morgan fingerprint density at radius 1 is 1.60 bits per heavy atom. The molecular formula is C12H21N3. The molecule has 1 saturated carbocycles. The lowest BCUT2D eigenvalue weighted by Crippen LogP contribution is -2.16. The maximum absolute atomic E-state index is 4.23. The molecule has 1 fully saturated rings. The highest BCUT2D eigenvalue weighted by Crippen LogP contribution is 2.52. The molecule has 84 valence electrons. The smallest absolute Gasteiger partial charge is 0.0948 e. The van der Waals surface area contributed by atoms with Gasteiger partial charge >= 0.3 is 0 Å². The summed E-state index contributed by atoms with van der Waals surface area (Å²) in [6.07, 6.45) is 5.28. The van der Waals surface area contributed by atoms with Gasteiger partial charge in [0.2, 0.25) is 0 Å². The van der Waals surface area contributed by atoms with Crippen LogP contribution in [0.25, 0.3) is 0 Å². The van der Waals surface area contributed by atoms with E-state index >= 15 is 0 Å². The van der Waals surface area contributed by atoms with E-state index in [1.165, 1.54) is 12.1 Å². The standard InChI is InChI=1S/C12H21N3/c1-4-13-6-11-7-14-9-15(11)8-10-5-12(10,2)3/h7,9-10,13H,4-6,8H2,1-3H3. The Labute approximate surface area is 91.9 Å². The molecule has 0 spiro atoms. The maximum atomic E-state index is 4.23. The first kappa shape index (κ1) is 10.7. The van der Waals surface area contributed by atoms with Crippen LogP contribution in [0.3, 0.4) is 0 Å². The maximum Gasteiger partial charge on any atom is 0.0948 e. The molecule has 0 aliphatic heterocycles. The molecule has 1 aromatic rings. The molecule has 1 aliphatic carbocycles. The van der Waals surface area contributed by atoms with Crippen molar-refractivity contribution < 1.29 is 0 Å². The molecule has 0 saturated heterocycles. The fourth-order valence-corrected chi connectivity index (χ4v) is 2.04. The summed E-state index contributed by atoms with van der Waals surface area (Å²) in [6, 6.07) is 0. The van der Waals surface area contributed by atoms with Crippen LogP contribution in [0.15, 0.2) is 12.5 Å². The number of rotatable bonds is 5. The van der Waals surface area contributed by atoms with Gasteiger partial charge in [0.25, 0.3) is 0 Å². The van der Waals surface area contributed by atoms with Gasteiger partial charge in [0.15, 0.2) is 0 Å². The summed E-state index contributed by atoms with van der Waals surface area (Å²) in [4.78, 5) is 4.23. The third kappa shape index (κ3) is 2.40. The molecule has 15 heavy (non-hydrogen) atoms. The van der Waals surface area contributed by atoms with Crippen LogP contribution in [0.5, 0.6) is 0 Å². The molecule has 3 heteroatoms. The van der Waals surface area contributed by atoms with Gasteiger partial charge in [-0.05, 0) is 24.3 Å². The minimum Gasteiger partial charge on any atom is -0.333 e. The second-order valence-electron chi connectivity index (χ2n) is 5.21. The van der Waals surface area contributed by atoms with Crippen molar-refractivity contribution in [2.45, 2.75) is 40.3 Å². The Hall–Kier alpha value is -0.830. The molecule has 0 bridgehead atoms. The van der Waals surface area contributed by atoms with Gasteiger partial charge in [0, 0.05) is 19.3 Å². The van der Waals surface area contributed by atoms with Gasteiger partial charge in [0.1, 0.15) is 0 Å². The van der Waals surface area contributed by atoms with Gasteiger partial charge in [0.05, 0.1) is 12.0 Å². The molecule has 1 atom stereocenters. The van der Waals surface area contributed by atoms with Crippen LogP contribution < -0.4 is 5.32 Å². The average molecular weight is 207 g/mol. The molecule has 1 aliphatic rings. The van der Waals surface area contributed by atoms with E-state index < -0.39 is 0 Å². The van der Waals surface area contributed by atoms with Crippen LogP contribution >= 0.6 is 0 Å². The number of nitrogens with zero attached hydrogens (tertiary/aromatic N) is 2. The van der Waals surface area contributed by atoms with E-state index in [0.29, 0.717) is 5.41 Å². The van der Waals surface area contributed by atoms with Crippen molar-refractivity contribution in [3.05, 3.63) is 18.2 Å². The van der Waals surface area contributed by atoms with E-state index in [1.807, 2.05) is 12.5 Å². The lowest BCUT2D eigenvalue weighted by Gasteiger charge is -2.09. The van der Waals surface area contributed by atoms with Crippen molar-refractivity contribution in [2.24, 2.45) is 11.3 Å². The topological polar surface area (TPSA) is 29.9 Å². The molecular weight excluding hydrogens is 186 g/mol. The quantitative estimate of drug-likeness (QED) is 0.800. The van der Waals surface area contributed by atoms with Gasteiger partial charge in [-0.2, -0.15) is 0 Å². The minimum absolute atomic E-state index is 0.555. The van der Waals surface area contributed by atoms with Crippen LogP contribution in [0.1, 0.15) is 32.9 Å². The normalized spacial score (nSPS) is 23.0. The van der Waals surface area contributed by atoms with Crippen LogP contribution in [0.4, 0.5) is 0 Å². The van der Waals surface area contributed by atoms with Crippen molar-refractivity contribution in [3.8, 4) is 0 Å². The molecule has 0 radical (unpaired) electrons. The highest BCUT2D eigenvalue weighted by Gasteiger charge is 2.45. The Balaban J connectivity index is 1.93. The first-order valence-corrected chi connectivity index (χ1v) is 5.83. The summed E-state index contributed by atoms with van der Waals surface area (Å²) < 4.78 is 2.29. The second-order valence-corrected chi connectivity index (χ2v) is 5.21. The van der Waals surface area contributed by atoms with Crippen molar-refractivity contribution >= 4 is 0 Å². The molecule has 0 amide bonds. The number of hydrogen-bond donors (Lipinski definition) is 1. The summed E-state index contributed by atoms with van der Waals surface area (Å²) in [6.45, 7) is 9.90. The third-order valence-electron chi connectivity index (χ3n) is 3.49. The Morgan fingerprint density at radius 3 is 2.93 bits per heavy atom. The Bertz CT molecular complexity index is 327. The zero-order chi connectivity index (χ0) is 10.9. The zero-order valence-electron chi connectivity index (χ0n) is 9.95. The second kappa shape index (κ2) is 3.97. The van der Waals surface area contributed by atoms with Crippen molar-refractivity contribution in [3.63, 3.8) is 0 Å². The first-order valence-electron chi connectivity index (χ1n) is 5.83. The highest BCUT2D eigenvalue weighted by atomic mass is 15.1. The van der Waals surface area contributed by atoms with Gasteiger partial charge in [-0.3, -0.25) is 0 Å². The summed E-state index contributed by atoms with van der Waals surface area (Å²) in [7, 11) is 0. The molecule has 2 rings (SSSR count). The summed E-state index contributed by atoms with van der Waals surface area (Å²) in [5.74, 6) is 0.840. The van der Waals surface area contributed by atoms with Gasteiger partial charge in [-0.1, -0.05) is 20.8 Å². The van der Waals surface area contributed by atoms with Gasteiger partial charge in [-0.15, -0.1) is 0 Å². The number of nitrogens with one attached hydrogen (secondary N) is 1. The van der Waals surface area contributed by atoms with Crippen molar-refractivity contribution in [1.82, 2.24) is 14.9 Å². The Morgan fingerprint density at radius 2 is 2.33 bits per heavy atom. The van der Waals surface area contributed by atoms with Gasteiger partial charge < -0.3 is 9.88 Å². The van der Waals surface area contributed by atoms with E-state index in [-0.39, 0.29) is 0 Å². The summed E-state index contributed by atoms with van der Waals surface area (Å²) in [5.41, 5.74) is 1.86. The highest BCUT2D eigenvalue weighted by molar-refractivity contribution is 5.02. The summed E-state index contributed by atoms with van der Waals surface area (Å²) >= 11 is 0. The van der Waals surface area contributed by atoms with E-state index in [0.717, 1.165) is 25.6 Å². The van der Waals surface area contributed by atoms with Crippen LogP contribution in [-0.2, 0) is 13.1 Å². The van der Waals surface area contributed by atoms with Crippen LogP contribution in [-0.4, -0.2) is 16.1 Å². The Kier molecular flexibility index (Phi) is 2.83. The largest absolute Gasteiger partial charge is 0.333 e. The van der Waals surface area contributed by atoms with Crippen molar-refractivity contribution in [1.29, 1.82) is 0 Å². The first-order chi connectivity index (χ1) is 7.13. The number of hydrogen-bond acceptors (Lipinski definition) is 2. The summed E-state index contributed by atoms with van der Waals surface area (Å²) in [5, 5.41) is 3.34. The fraction of sp³-hybridized carbons (Fsp3) is 0.750. The monoisotopic (exact) mass is 207 g/mol. The average Bonchev–Trinajstić information content (AvgIpc) is 2.62. The molecule has 0 aromatic carbocycles. The SMILES string of the molecule is CCNCc1cncn1CC1CC1(C)C. The predicted octanol–water partition coefficient (Wildman–Crippen LogP) is 2.04. The number of aromatic nitrogens is 2. The predicted molar refractivity (Wildman–Crippen MR) is 61.5 cm³/mol. The van der Waals surface area contributed by atoms with E-state index in [2.05, 4.69) is 35.6 Å². The lowest BCUT2D eigenvalue weighted by molar-refractivity contribution is 0.486. The lowest BCUT2D eigenvalue weighted by atomic mass is 10.1. The minimum atomic E-state index is 0.555. The van der Waals surface area contributed by atoms with Crippen LogP contribution in [0, 0.1) is 11.3 Å². The van der Waals surface area contributed by atoms with E-state index in [1.54, 1.807) is 0 Å². The van der Waals surface area contributed by atoms with Crippen LogP contribution in [0.2, 0.25) is 0 Å². The van der Waals surface area contributed by atoms with Crippen molar-refractivity contribution in [2.75, 3.05) is 6.54 Å². The van der Waals surface area contributed by atoms with E-state index in [4.69, 9.17) is 0 Å². The molecule has 1 N–H and O–H groups in total. The molecule has 3 nitrogen and oxygen atoms in total. The van der Waals surface area contributed by atoms with Gasteiger partial charge in [-0.25, -0.2) is 4.98 Å². The zero-order valence-corrected chi connectivity index (χ0v) is 9.95. The molecule has 1 heterocycles. The fourth-order valence-electron chi connectivity index (χ4n) is 2.04. The number of imidazole rings is 1. The molecule has 1 unspecified atom stereocenters. The van der Waals surface area contributed by atoms with E-state index in [9.17, 15) is 0 Å². The third-order valence-corrected chi connectivity index (χ3v) is 3.49. The molecule has 1 aromatic heterocycles.